The Kier molecular flexibility index (Phi) is 5.06. The highest BCUT2D eigenvalue weighted by Crippen LogP contribution is 2.40. The molecule has 112 valence electrons. The fourth-order valence-electron chi connectivity index (χ4n) is 2.79. The molecule has 1 N–H and O–H groups in total. The van der Waals surface area contributed by atoms with Crippen molar-refractivity contribution in [2.45, 2.75) is 52.2 Å². The molecule has 0 saturated heterocycles. The first-order valence-corrected chi connectivity index (χ1v) is 7.68. The number of hydrogen-bond donors (Lipinski definition) is 1. The predicted octanol–water partition coefficient (Wildman–Crippen LogP) is 3.61. The Morgan fingerprint density at radius 2 is 2.20 bits per heavy atom. The van der Waals surface area contributed by atoms with Crippen molar-refractivity contribution in [3.05, 3.63) is 29.3 Å². The molecule has 0 amide bonds. The van der Waals surface area contributed by atoms with E-state index in [-0.39, 0.29) is 5.60 Å². The molecule has 0 aliphatic carbocycles. The Morgan fingerprint density at radius 3 is 2.90 bits per heavy atom. The number of rotatable bonds is 6. The lowest BCUT2D eigenvalue weighted by Gasteiger charge is -2.40. The molecule has 0 bridgehead atoms. The minimum atomic E-state index is -0.246. The highest BCUT2D eigenvalue weighted by Gasteiger charge is 2.37. The summed E-state index contributed by atoms with van der Waals surface area (Å²) in [5.74, 6) is 0.998. The van der Waals surface area contributed by atoms with E-state index < -0.39 is 0 Å². The van der Waals surface area contributed by atoms with Crippen molar-refractivity contribution in [3.8, 4) is 5.75 Å². The molecule has 0 spiro atoms. The molecule has 0 fully saturated rings. The Balaban J connectivity index is 2.24. The summed E-state index contributed by atoms with van der Waals surface area (Å²) in [5.41, 5.74) is 2.32. The second-order valence-corrected chi connectivity index (χ2v) is 5.94. The van der Waals surface area contributed by atoms with Crippen LogP contribution in [0.3, 0.4) is 0 Å². The molecule has 1 aromatic rings. The molecule has 1 aliphatic heterocycles. The van der Waals surface area contributed by atoms with E-state index in [1.165, 1.54) is 11.1 Å². The number of fused-ring (bicyclic) bond motifs is 1. The van der Waals surface area contributed by atoms with Crippen LogP contribution < -0.4 is 10.1 Å². The van der Waals surface area contributed by atoms with Crippen LogP contribution in [0, 0.1) is 6.92 Å². The van der Waals surface area contributed by atoms with Gasteiger partial charge in [-0.05, 0) is 39.8 Å². The van der Waals surface area contributed by atoms with Crippen LogP contribution in [0.5, 0.6) is 5.75 Å². The lowest BCUT2D eigenvalue weighted by atomic mass is 9.88. The molecule has 3 nitrogen and oxygen atoms in total. The maximum Gasteiger partial charge on any atom is 0.131 e. The molecule has 2 unspecified atom stereocenters. The summed E-state index contributed by atoms with van der Waals surface area (Å²) in [6.45, 7) is 10.9. The van der Waals surface area contributed by atoms with Crippen molar-refractivity contribution >= 4 is 0 Å². The van der Waals surface area contributed by atoms with Crippen molar-refractivity contribution in [1.82, 2.24) is 5.32 Å². The number of benzene rings is 1. The second kappa shape index (κ2) is 6.59. The van der Waals surface area contributed by atoms with Gasteiger partial charge >= 0.3 is 0 Å². The SMILES string of the molecule is CCCNC1CC(C)(COCC)Oc2ccc(C)cc21. The van der Waals surface area contributed by atoms with Crippen LogP contribution in [-0.4, -0.2) is 25.4 Å². The molecule has 1 aromatic carbocycles. The normalized spacial score (nSPS) is 25.1. The molecular weight excluding hydrogens is 250 g/mol. The Morgan fingerprint density at radius 1 is 1.40 bits per heavy atom. The minimum absolute atomic E-state index is 0.246. The first-order valence-electron chi connectivity index (χ1n) is 7.68. The summed E-state index contributed by atoms with van der Waals surface area (Å²) in [5, 5.41) is 3.65. The van der Waals surface area contributed by atoms with E-state index in [1.807, 2.05) is 6.92 Å². The second-order valence-electron chi connectivity index (χ2n) is 5.94. The monoisotopic (exact) mass is 277 g/mol. The highest BCUT2D eigenvalue weighted by molar-refractivity contribution is 5.41. The van der Waals surface area contributed by atoms with Crippen molar-refractivity contribution in [2.75, 3.05) is 19.8 Å². The molecule has 0 saturated carbocycles. The minimum Gasteiger partial charge on any atom is -0.485 e. The number of ether oxygens (including phenoxy) is 2. The van der Waals surface area contributed by atoms with Crippen LogP contribution >= 0.6 is 0 Å². The molecular formula is C17H27NO2. The van der Waals surface area contributed by atoms with E-state index >= 15 is 0 Å². The largest absolute Gasteiger partial charge is 0.485 e. The fraction of sp³-hybridized carbons (Fsp3) is 0.647. The van der Waals surface area contributed by atoms with Gasteiger partial charge in [0.15, 0.2) is 0 Å². The molecule has 2 atom stereocenters. The standard InChI is InChI=1S/C17H27NO2/c1-5-9-18-15-11-17(4,12-19-6-2)20-16-8-7-13(3)10-14(15)16/h7-8,10,15,18H,5-6,9,11-12H2,1-4H3. The first kappa shape index (κ1) is 15.3. The average molecular weight is 277 g/mol. The van der Waals surface area contributed by atoms with Crippen molar-refractivity contribution in [2.24, 2.45) is 0 Å². The first-order chi connectivity index (χ1) is 9.58. The number of nitrogens with one attached hydrogen (secondary N) is 1. The van der Waals surface area contributed by atoms with Gasteiger partial charge in [-0.3, -0.25) is 0 Å². The molecule has 1 aliphatic rings. The summed E-state index contributed by atoms with van der Waals surface area (Å²) in [6.07, 6.45) is 2.09. The Labute approximate surface area is 122 Å². The van der Waals surface area contributed by atoms with Gasteiger partial charge in [0.25, 0.3) is 0 Å². The zero-order valence-corrected chi connectivity index (χ0v) is 13.2. The average Bonchev–Trinajstić information content (AvgIpc) is 2.43. The van der Waals surface area contributed by atoms with Gasteiger partial charge in [0.2, 0.25) is 0 Å². The highest BCUT2D eigenvalue weighted by atomic mass is 16.5. The number of aryl methyl sites for hydroxylation is 1. The maximum atomic E-state index is 6.22. The van der Waals surface area contributed by atoms with Crippen LogP contribution in [0.25, 0.3) is 0 Å². The molecule has 1 heterocycles. The Hall–Kier alpha value is -1.06. The van der Waals surface area contributed by atoms with Crippen molar-refractivity contribution in [1.29, 1.82) is 0 Å². The van der Waals surface area contributed by atoms with Crippen LogP contribution in [0.2, 0.25) is 0 Å². The van der Waals surface area contributed by atoms with Crippen LogP contribution in [-0.2, 0) is 4.74 Å². The molecule has 20 heavy (non-hydrogen) atoms. The van der Waals surface area contributed by atoms with Crippen LogP contribution in [0.1, 0.15) is 50.8 Å². The van der Waals surface area contributed by atoms with Gasteiger partial charge in [-0.15, -0.1) is 0 Å². The van der Waals surface area contributed by atoms with Crippen LogP contribution in [0.4, 0.5) is 0 Å². The van der Waals surface area contributed by atoms with Gasteiger partial charge in [-0.2, -0.15) is 0 Å². The van der Waals surface area contributed by atoms with Crippen LogP contribution in [0.15, 0.2) is 18.2 Å². The summed E-state index contributed by atoms with van der Waals surface area (Å²) in [4.78, 5) is 0. The van der Waals surface area contributed by atoms with Gasteiger partial charge in [0, 0.05) is 24.6 Å². The van der Waals surface area contributed by atoms with E-state index in [1.54, 1.807) is 0 Å². The van der Waals surface area contributed by atoms with Gasteiger partial charge in [-0.25, -0.2) is 0 Å². The summed E-state index contributed by atoms with van der Waals surface area (Å²) < 4.78 is 11.8. The lowest BCUT2D eigenvalue weighted by molar-refractivity contribution is -0.0332. The maximum absolute atomic E-state index is 6.22. The van der Waals surface area contributed by atoms with Gasteiger partial charge in [0.05, 0.1) is 6.61 Å². The summed E-state index contributed by atoms with van der Waals surface area (Å²) >= 11 is 0. The van der Waals surface area contributed by atoms with Gasteiger partial charge in [0.1, 0.15) is 11.4 Å². The summed E-state index contributed by atoms with van der Waals surface area (Å²) in [7, 11) is 0. The van der Waals surface area contributed by atoms with Crippen molar-refractivity contribution in [3.63, 3.8) is 0 Å². The quantitative estimate of drug-likeness (QED) is 0.861. The zero-order chi connectivity index (χ0) is 14.6. The topological polar surface area (TPSA) is 30.5 Å². The van der Waals surface area contributed by atoms with Gasteiger partial charge in [-0.1, -0.05) is 24.6 Å². The zero-order valence-electron chi connectivity index (χ0n) is 13.2. The van der Waals surface area contributed by atoms with E-state index in [2.05, 4.69) is 44.3 Å². The predicted molar refractivity (Wildman–Crippen MR) is 82.4 cm³/mol. The Bertz CT molecular complexity index is 447. The van der Waals surface area contributed by atoms with E-state index in [0.29, 0.717) is 12.6 Å². The third kappa shape index (κ3) is 3.53. The van der Waals surface area contributed by atoms with Crippen molar-refractivity contribution < 1.29 is 9.47 Å². The molecule has 0 aromatic heterocycles. The van der Waals surface area contributed by atoms with E-state index in [0.717, 1.165) is 31.7 Å². The number of hydrogen-bond acceptors (Lipinski definition) is 3. The lowest BCUT2D eigenvalue weighted by Crippen LogP contribution is -2.45. The third-order valence-corrected chi connectivity index (χ3v) is 3.79. The summed E-state index contributed by atoms with van der Waals surface area (Å²) in [6, 6.07) is 6.80. The molecule has 3 heteroatoms. The third-order valence-electron chi connectivity index (χ3n) is 3.79. The fourth-order valence-corrected chi connectivity index (χ4v) is 2.79. The van der Waals surface area contributed by atoms with E-state index in [4.69, 9.17) is 9.47 Å². The molecule has 2 rings (SSSR count). The van der Waals surface area contributed by atoms with E-state index in [9.17, 15) is 0 Å². The van der Waals surface area contributed by atoms with Gasteiger partial charge < -0.3 is 14.8 Å². The smallest absolute Gasteiger partial charge is 0.131 e. The molecule has 0 radical (unpaired) electrons.